The number of nitrogens with zero attached hydrogens (tertiary/aromatic N) is 3. The molecule has 1 aliphatic heterocycles. The predicted molar refractivity (Wildman–Crippen MR) is 82.4 cm³/mol. The summed E-state index contributed by atoms with van der Waals surface area (Å²) in [6.07, 6.45) is 7.42. The van der Waals surface area contributed by atoms with Gasteiger partial charge >= 0.3 is 0 Å². The fraction of sp³-hybridized carbons (Fsp3) is 0.643. The van der Waals surface area contributed by atoms with Gasteiger partial charge in [-0.25, -0.2) is 4.98 Å². The van der Waals surface area contributed by atoms with E-state index < -0.39 is 0 Å². The van der Waals surface area contributed by atoms with Gasteiger partial charge in [-0.1, -0.05) is 12.8 Å². The molecule has 104 valence electrons. The van der Waals surface area contributed by atoms with E-state index in [1.54, 1.807) is 0 Å². The molecule has 1 saturated carbocycles. The third kappa shape index (κ3) is 2.87. The van der Waals surface area contributed by atoms with Gasteiger partial charge in [0.05, 0.1) is 5.69 Å². The molecule has 1 aromatic heterocycles. The summed E-state index contributed by atoms with van der Waals surface area (Å²) in [6, 6.07) is 2.77. The Morgan fingerprint density at radius 3 is 2.47 bits per heavy atom. The molecule has 0 atom stereocenters. The average Bonchev–Trinajstić information content (AvgIpc) is 2.93. The number of hydrogen-bond acceptors (Lipinski definition) is 4. The molecule has 1 aliphatic carbocycles. The Morgan fingerprint density at radius 2 is 1.84 bits per heavy atom. The Morgan fingerprint density at radius 1 is 1.16 bits per heavy atom. The van der Waals surface area contributed by atoms with Crippen molar-refractivity contribution in [2.45, 2.75) is 31.7 Å². The van der Waals surface area contributed by atoms with Crippen molar-refractivity contribution in [2.75, 3.05) is 36.8 Å². The number of hydrogen-bond donors (Lipinski definition) is 1. The van der Waals surface area contributed by atoms with Crippen molar-refractivity contribution in [3.05, 3.63) is 16.7 Å². The first-order valence-electron chi connectivity index (χ1n) is 7.14. The predicted octanol–water partition coefficient (Wildman–Crippen LogP) is 2.49. The molecule has 1 aromatic rings. The number of aromatic nitrogens is 1. The zero-order chi connectivity index (χ0) is 13.2. The summed E-state index contributed by atoms with van der Waals surface area (Å²) in [4.78, 5) is 9.42. The van der Waals surface area contributed by atoms with Gasteiger partial charge in [0.25, 0.3) is 0 Å². The second kappa shape index (κ2) is 5.67. The molecule has 0 radical (unpaired) electrons. The second-order valence-corrected chi connectivity index (χ2v) is 6.44. The number of nitrogens with two attached hydrogens (primary N) is 1. The number of halogens is 1. The highest BCUT2D eigenvalue weighted by molar-refractivity contribution is 9.10. The van der Waals surface area contributed by atoms with Gasteiger partial charge < -0.3 is 10.6 Å². The van der Waals surface area contributed by atoms with Crippen LogP contribution in [0.5, 0.6) is 0 Å². The lowest BCUT2D eigenvalue weighted by Gasteiger charge is -2.38. The third-order valence-corrected chi connectivity index (χ3v) is 4.75. The van der Waals surface area contributed by atoms with E-state index in [2.05, 4.69) is 30.7 Å². The molecule has 0 aromatic carbocycles. The van der Waals surface area contributed by atoms with Crippen LogP contribution in [0.3, 0.4) is 0 Å². The van der Waals surface area contributed by atoms with Crippen LogP contribution < -0.4 is 10.6 Å². The van der Waals surface area contributed by atoms with Crippen molar-refractivity contribution >= 4 is 27.4 Å². The van der Waals surface area contributed by atoms with Gasteiger partial charge in [-0.15, -0.1) is 0 Å². The van der Waals surface area contributed by atoms with Crippen LogP contribution in [0.2, 0.25) is 0 Å². The summed E-state index contributed by atoms with van der Waals surface area (Å²) in [5.74, 6) is 0.939. The lowest BCUT2D eigenvalue weighted by molar-refractivity contribution is 0.187. The van der Waals surface area contributed by atoms with E-state index in [0.29, 0.717) is 0 Å². The Bertz CT molecular complexity index is 437. The van der Waals surface area contributed by atoms with Crippen LogP contribution in [0.4, 0.5) is 11.5 Å². The highest BCUT2D eigenvalue weighted by atomic mass is 79.9. The van der Waals surface area contributed by atoms with Crippen molar-refractivity contribution in [3.63, 3.8) is 0 Å². The Hall–Kier alpha value is -0.810. The largest absolute Gasteiger partial charge is 0.396 e. The van der Waals surface area contributed by atoms with Crippen molar-refractivity contribution in [3.8, 4) is 0 Å². The Labute approximate surface area is 123 Å². The molecule has 19 heavy (non-hydrogen) atoms. The van der Waals surface area contributed by atoms with Crippen LogP contribution in [0.25, 0.3) is 0 Å². The first-order chi connectivity index (χ1) is 9.24. The molecule has 5 heteroatoms. The summed E-state index contributed by atoms with van der Waals surface area (Å²) in [7, 11) is 0. The van der Waals surface area contributed by atoms with Crippen molar-refractivity contribution in [2.24, 2.45) is 0 Å². The van der Waals surface area contributed by atoms with Gasteiger partial charge in [0.1, 0.15) is 0 Å². The molecule has 3 rings (SSSR count). The molecular weight excluding hydrogens is 304 g/mol. The summed E-state index contributed by atoms with van der Waals surface area (Å²) in [5, 5.41) is 0. The zero-order valence-electron chi connectivity index (χ0n) is 11.2. The second-order valence-electron chi connectivity index (χ2n) is 5.53. The number of nitrogen functional groups attached to an aromatic ring is 1. The summed E-state index contributed by atoms with van der Waals surface area (Å²) >= 11 is 3.41. The first-order valence-corrected chi connectivity index (χ1v) is 7.93. The molecule has 0 unspecified atom stereocenters. The maximum atomic E-state index is 6.06. The quantitative estimate of drug-likeness (QED) is 0.907. The SMILES string of the molecule is Nc1cc(Br)cnc1N1CCN(C2CCCC2)CC1. The summed E-state index contributed by atoms with van der Waals surface area (Å²) < 4.78 is 0.943. The molecule has 2 aliphatic rings. The number of rotatable bonds is 2. The first kappa shape index (κ1) is 13.2. The minimum atomic E-state index is 0.767. The fourth-order valence-corrected chi connectivity index (χ4v) is 3.63. The van der Waals surface area contributed by atoms with E-state index in [-0.39, 0.29) is 0 Å². The van der Waals surface area contributed by atoms with Gasteiger partial charge in [0, 0.05) is 42.9 Å². The average molecular weight is 325 g/mol. The normalized spacial score (nSPS) is 22.1. The van der Waals surface area contributed by atoms with Crippen molar-refractivity contribution in [1.82, 2.24) is 9.88 Å². The van der Waals surface area contributed by atoms with Crippen LogP contribution in [0, 0.1) is 0 Å². The van der Waals surface area contributed by atoms with E-state index in [1.807, 2.05) is 12.3 Å². The van der Waals surface area contributed by atoms with E-state index in [9.17, 15) is 0 Å². The molecule has 1 saturated heterocycles. The zero-order valence-corrected chi connectivity index (χ0v) is 12.8. The molecule has 4 nitrogen and oxygen atoms in total. The number of pyridine rings is 1. The summed E-state index contributed by atoms with van der Waals surface area (Å²) in [6.45, 7) is 4.36. The van der Waals surface area contributed by atoms with Gasteiger partial charge in [-0.05, 0) is 34.8 Å². The van der Waals surface area contributed by atoms with Crippen molar-refractivity contribution in [1.29, 1.82) is 0 Å². The van der Waals surface area contributed by atoms with Gasteiger partial charge in [-0.3, -0.25) is 4.90 Å². The number of piperazine rings is 1. The molecule has 2 N–H and O–H groups in total. The van der Waals surface area contributed by atoms with Crippen LogP contribution in [-0.2, 0) is 0 Å². The van der Waals surface area contributed by atoms with Crippen LogP contribution in [0.15, 0.2) is 16.7 Å². The standard InChI is InChI=1S/C14H21BrN4/c15-11-9-13(16)14(17-10-11)19-7-5-18(6-8-19)12-3-1-2-4-12/h9-10,12H,1-8,16H2. The third-order valence-electron chi connectivity index (χ3n) is 4.32. The molecular formula is C14H21BrN4. The topological polar surface area (TPSA) is 45.4 Å². The molecule has 2 fully saturated rings. The van der Waals surface area contributed by atoms with Crippen LogP contribution in [0.1, 0.15) is 25.7 Å². The Balaban J connectivity index is 1.63. The van der Waals surface area contributed by atoms with Gasteiger partial charge in [0.2, 0.25) is 0 Å². The van der Waals surface area contributed by atoms with Crippen LogP contribution in [-0.4, -0.2) is 42.1 Å². The van der Waals surface area contributed by atoms with E-state index >= 15 is 0 Å². The highest BCUT2D eigenvalue weighted by Crippen LogP contribution is 2.27. The lowest BCUT2D eigenvalue weighted by atomic mass is 10.2. The van der Waals surface area contributed by atoms with Gasteiger partial charge in [0.15, 0.2) is 5.82 Å². The van der Waals surface area contributed by atoms with Crippen LogP contribution >= 0.6 is 15.9 Å². The number of anilines is 2. The maximum absolute atomic E-state index is 6.06. The van der Waals surface area contributed by atoms with Crippen molar-refractivity contribution < 1.29 is 0 Å². The minimum Gasteiger partial charge on any atom is -0.396 e. The molecule has 0 amide bonds. The van der Waals surface area contributed by atoms with E-state index in [4.69, 9.17) is 5.73 Å². The van der Waals surface area contributed by atoms with E-state index in [0.717, 1.165) is 48.2 Å². The molecule has 0 bridgehead atoms. The van der Waals surface area contributed by atoms with Gasteiger partial charge in [-0.2, -0.15) is 0 Å². The maximum Gasteiger partial charge on any atom is 0.151 e. The molecule has 2 heterocycles. The summed E-state index contributed by atoms with van der Waals surface area (Å²) in [5.41, 5.74) is 6.83. The highest BCUT2D eigenvalue weighted by Gasteiger charge is 2.27. The minimum absolute atomic E-state index is 0.767. The monoisotopic (exact) mass is 324 g/mol. The fourth-order valence-electron chi connectivity index (χ4n) is 3.28. The lowest BCUT2D eigenvalue weighted by Crippen LogP contribution is -2.50. The Kier molecular flexibility index (Phi) is 3.93. The smallest absolute Gasteiger partial charge is 0.151 e. The molecule has 0 spiro atoms. The van der Waals surface area contributed by atoms with E-state index in [1.165, 1.54) is 25.7 Å².